The molecule has 0 unspecified atom stereocenters. The molecular formula is C13H21ClN2O3. The summed E-state index contributed by atoms with van der Waals surface area (Å²) in [7, 11) is 0. The van der Waals surface area contributed by atoms with Crippen molar-refractivity contribution >= 4 is 17.5 Å². The average molecular weight is 289 g/mol. The second-order valence-corrected chi connectivity index (χ2v) is 6.49. The van der Waals surface area contributed by atoms with Crippen LogP contribution in [0, 0.1) is 5.92 Å². The predicted molar refractivity (Wildman–Crippen MR) is 70.8 cm³/mol. The van der Waals surface area contributed by atoms with Crippen molar-refractivity contribution in [1.82, 2.24) is 4.90 Å². The monoisotopic (exact) mass is 288 g/mol. The minimum atomic E-state index is -0.645. The van der Waals surface area contributed by atoms with E-state index in [9.17, 15) is 9.90 Å². The van der Waals surface area contributed by atoms with E-state index in [1.165, 1.54) is 0 Å². The highest BCUT2D eigenvalue weighted by atomic mass is 35.5. The second-order valence-electron chi connectivity index (χ2n) is 5.93. The number of rotatable bonds is 2. The summed E-state index contributed by atoms with van der Waals surface area (Å²) in [4.78, 5) is 14.2. The number of carbonyl (C=O) groups excluding carboxylic acids is 1. The number of halogens is 1. The Bertz CT molecular complexity index is 362. The molecule has 0 aromatic heterocycles. The molecule has 3 rings (SSSR count). The van der Waals surface area contributed by atoms with Gasteiger partial charge < -0.3 is 20.5 Å². The van der Waals surface area contributed by atoms with Gasteiger partial charge in [0, 0.05) is 6.54 Å². The molecule has 2 saturated heterocycles. The van der Waals surface area contributed by atoms with Crippen LogP contribution in [0.5, 0.6) is 0 Å². The lowest BCUT2D eigenvalue weighted by molar-refractivity contribution is -0.136. The summed E-state index contributed by atoms with van der Waals surface area (Å²) >= 11 is 6.21. The van der Waals surface area contributed by atoms with Crippen LogP contribution in [0.25, 0.3) is 0 Å². The maximum Gasteiger partial charge on any atom is 0.240 e. The van der Waals surface area contributed by atoms with E-state index in [1.54, 1.807) is 4.90 Å². The summed E-state index contributed by atoms with van der Waals surface area (Å²) in [5.74, 6) is 0.203. The first-order valence-corrected chi connectivity index (χ1v) is 7.53. The van der Waals surface area contributed by atoms with Gasteiger partial charge in [0.2, 0.25) is 5.91 Å². The molecule has 3 fully saturated rings. The first-order valence-electron chi connectivity index (χ1n) is 7.09. The van der Waals surface area contributed by atoms with Gasteiger partial charge >= 0.3 is 0 Å². The van der Waals surface area contributed by atoms with E-state index >= 15 is 0 Å². The standard InChI is InChI=1S/C13H21ClN2O3/c14-8-5-16(11-9(17)6-19-12(8)11)13(18)10(15)7-3-1-2-4-7/h7-12,17H,1-6,15H2/t8-,9-,10-,11+,12+/m0/s1. The van der Waals surface area contributed by atoms with Crippen molar-refractivity contribution in [2.75, 3.05) is 13.2 Å². The molecule has 0 spiro atoms. The maximum atomic E-state index is 12.5. The predicted octanol–water partition coefficient (Wildman–Crippen LogP) is 0.0818. The molecule has 0 aromatic carbocycles. The van der Waals surface area contributed by atoms with Gasteiger partial charge in [-0.05, 0) is 18.8 Å². The van der Waals surface area contributed by atoms with E-state index in [-0.39, 0.29) is 36.0 Å². The van der Waals surface area contributed by atoms with Gasteiger partial charge in [-0.1, -0.05) is 12.8 Å². The Morgan fingerprint density at radius 3 is 2.79 bits per heavy atom. The highest BCUT2D eigenvalue weighted by molar-refractivity contribution is 6.21. The van der Waals surface area contributed by atoms with Crippen LogP contribution < -0.4 is 5.73 Å². The highest BCUT2D eigenvalue weighted by Gasteiger charge is 2.52. The van der Waals surface area contributed by atoms with E-state index < -0.39 is 12.1 Å². The normalized spacial score (nSPS) is 40.7. The number of nitrogens with zero attached hydrogens (tertiary/aromatic N) is 1. The molecule has 3 aliphatic rings. The Hall–Kier alpha value is -0.360. The van der Waals surface area contributed by atoms with Gasteiger partial charge in [-0.3, -0.25) is 4.79 Å². The summed E-state index contributed by atoms with van der Waals surface area (Å²) in [5.41, 5.74) is 6.12. The molecule has 0 bridgehead atoms. The highest BCUT2D eigenvalue weighted by Crippen LogP contribution is 2.35. The number of nitrogens with two attached hydrogens (primary N) is 1. The Labute approximate surface area is 118 Å². The van der Waals surface area contributed by atoms with Gasteiger partial charge in [-0.2, -0.15) is 0 Å². The van der Waals surface area contributed by atoms with Crippen LogP contribution in [0.15, 0.2) is 0 Å². The Balaban J connectivity index is 1.72. The van der Waals surface area contributed by atoms with Crippen molar-refractivity contribution in [3.8, 4) is 0 Å². The molecule has 1 amide bonds. The molecule has 6 heteroatoms. The fourth-order valence-electron chi connectivity index (χ4n) is 3.69. The van der Waals surface area contributed by atoms with Crippen molar-refractivity contribution in [3.05, 3.63) is 0 Å². The Kier molecular flexibility index (Phi) is 3.73. The number of carbonyl (C=O) groups is 1. The SMILES string of the molecule is N[C@H](C(=O)N1C[C@H](Cl)[C@H]2OC[C@H](O)[C@H]21)C1CCCC1. The smallest absolute Gasteiger partial charge is 0.240 e. The number of aliphatic hydroxyl groups is 1. The summed E-state index contributed by atoms with van der Waals surface area (Å²) in [5, 5.41) is 9.72. The number of fused-ring (bicyclic) bond motifs is 1. The average Bonchev–Trinajstić information content (AvgIpc) is 3.08. The van der Waals surface area contributed by atoms with Crippen LogP contribution in [0.4, 0.5) is 0 Å². The fraction of sp³-hybridized carbons (Fsp3) is 0.923. The third-order valence-corrected chi connectivity index (χ3v) is 5.14. The van der Waals surface area contributed by atoms with Crippen LogP contribution in [-0.4, -0.2) is 58.7 Å². The van der Waals surface area contributed by atoms with Crippen LogP contribution >= 0.6 is 11.6 Å². The second kappa shape index (κ2) is 5.20. The first kappa shape index (κ1) is 13.6. The van der Waals surface area contributed by atoms with Crippen molar-refractivity contribution < 1.29 is 14.6 Å². The molecule has 2 heterocycles. The lowest BCUT2D eigenvalue weighted by atomic mass is 9.97. The number of aliphatic hydroxyl groups excluding tert-OH is 1. The van der Waals surface area contributed by atoms with Gasteiger partial charge in [-0.25, -0.2) is 0 Å². The summed E-state index contributed by atoms with van der Waals surface area (Å²) in [6.45, 7) is 0.675. The van der Waals surface area contributed by atoms with Gasteiger partial charge in [0.1, 0.15) is 6.10 Å². The minimum absolute atomic E-state index is 0.0744. The van der Waals surface area contributed by atoms with Crippen LogP contribution in [-0.2, 0) is 9.53 Å². The van der Waals surface area contributed by atoms with E-state index in [0.29, 0.717) is 6.54 Å². The minimum Gasteiger partial charge on any atom is -0.388 e. The zero-order valence-corrected chi connectivity index (χ0v) is 11.6. The number of likely N-dealkylation sites (tertiary alicyclic amines) is 1. The molecule has 0 radical (unpaired) electrons. The van der Waals surface area contributed by atoms with Crippen LogP contribution in [0.1, 0.15) is 25.7 Å². The number of amides is 1. The first-order chi connectivity index (χ1) is 9.09. The zero-order chi connectivity index (χ0) is 13.6. The van der Waals surface area contributed by atoms with E-state index in [2.05, 4.69) is 0 Å². The van der Waals surface area contributed by atoms with Crippen molar-refractivity contribution in [2.24, 2.45) is 11.7 Å². The molecule has 5 atom stereocenters. The number of alkyl halides is 1. The summed E-state index contributed by atoms with van der Waals surface area (Å²) in [6, 6.07) is -0.777. The van der Waals surface area contributed by atoms with Crippen molar-refractivity contribution in [1.29, 1.82) is 0 Å². The Morgan fingerprint density at radius 1 is 1.42 bits per heavy atom. The van der Waals surface area contributed by atoms with Gasteiger partial charge in [-0.15, -0.1) is 11.6 Å². The third kappa shape index (κ3) is 2.27. The fourth-order valence-corrected chi connectivity index (χ4v) is 4.06. The van der Waals surface area contributed by atoms with Crippen molar-refractivity contribution in [2.45, 2.75) is 55.4 Å². The van der Waals surface area contributed by atoms with Gasteiger partial charge in [0.25, 0.3) is 0 Å². The Morgan fingerprint density at radius 2 is 2.11 bits per heavy atom. The van der Waals surface area contributed by atoms with E-state index in [1.807, 2.05) is 0 Å². The molecular weight excluding hydrogens is 268 g/mol. The van der Waals surface area contributed by atoms with Gasteiger partial charge in [0.05, 0.1) is 30.2 Å². The molecule has 1 saturated carbocycles. The third-order valence-electron chi connectivity index (χ3n) is 4.75. The lowest BCUT2D eigenvalue weighted by Crippen LogP contribution is -2.52. The van der Waals surface area contributed by atoms with Gasteiger partial charge in [0.15, 0.2) is 0 Å². The molecule has 0 aromatic rings. The number of ether oxygens (including phenoxy) is 1. The molecule has 3 N–H and O–H groups in total. The van der Waals surface area contributed by atoms with E-state index in [4.69, 9.17) is 22.1 Å². The van der Waals surface area contributed by atoms with Crippen molar-refractivity contribution in [3.63, 3.8) is 0 Å². The summed E-state index contributed by atoms with van der Waals surface area (Å²) in [6.07, 6.45) is 3.46. The molecule has 108 valence electrons. The molecule has 1 aliphatic carbocycles. The van der Waals surface area contributed by atoms with E-state index in [0.717, 1.165) is 25.7 Å². The lowest BCUT2D eigenvalue weighted by Gasteiger charge is -2.29. The maximum absolute atomic E-state index is 12.5. The molecule has 19 heavy (non-hydrogen) atoms. The number of hydrogen-bond donors (Lipinski definition) is 2. The molecule has 5 nitrogen and oxygen atoms in total. The topological polar surface area (TPSA) is 75.8 Å². The zero-order valence-electron chi connectivity index (χ0n) is 10.9. The quantitative estimate of drug-likeness (QED) is 0.706. The largest absolute Gasteiger partial charge is 0.388 e. The van der Waals surface area contributed by atoms with Crippen LogP contribution in [0.3, 0.4) is 0 Å². The summed E-state index contributed by atoms with van der Waals surface area (Å²) < 4.78 is 5.47. The van der Waals surface area contributed by atoms with Crippen LogP contribution in [0.2, 0.25) is 0 Å². The number of hydrogen-bond acceptors (Lipinski definition) is 4. The molecule has 2 aliphatic heterocycles.